The highest BCUT2D eigenvalue weighted by atomic mass is 35.5. The minimum absolute atomic E-state index is 0.102. The van der Waals surface area contributed by atoms with Crippen molar-refractivity contribution in [1.29, 1.82) is 0 Å². The third kappa shape index (κ3) is 7.25. The van der Waals surface area contributed by atoms with Crippen molar-refractivity contribution in [3.63, 3.8) is 0 Å². The molecule has 2 aromatic carbocycles. The van der Waals surface area contributed by atoms with Crippen molar-refractivity contribution in [2.24, 2.45) is 0 Å². The second-order valence-electron chi connectivity index (χ2n) is 9.95. The molecule has 180 valence electrons. The summed E-state index contributed by atoms with van der Waals surface area (Å²) in [5.74, 6) is 0. The van der Waals surface area contributed by atoms with Crippen LogP contribution in [0.3, 0.4) is 0 Å². The smallest absolute Gasteiger partial charge is 0.192 e. The standard InChI is InChI=1S/C25H33Cl2NO3SSi/c1-25(2,3)33(4,5)31-16-21-22(29-14-17-8-6-10-19(26)12-17)23(24(32)28-21)30-15-18-9-7-11-20(27)13-18/h6-13,21-23H,14-16H2,1-5H3,(H,28,32). The molecule has 33 heavy (non-hydrogen) atoms. The molecule has 2 aromatic rings. The maximum atomic E-state index is 6.50. The molecule has 0 radical (unpaired) electrons. The molecule has 1 N–H and O–H groups in total. The highest BCUT2D eigenvalue weighted by Crippen LogP contribution is 2.37. The van der Waals surface area contributed by atoms with E-state index < -0.39 is 8.32 Å². The zero-order chi connectivity index (χ0) is 24.2. The summed E-state index contributed by atoms with van der Waals surface area (Å²) < 4.78 is 19.1. The van der Waals surface area contributed by atoms with Crippen LogP contribution in [-0.2, 0) is 27.1 Å². The van der Waals surface area contributed by atoms with Crippen LogP contribution in [0.15, 0.2) is 48.5 Å². The Bertz CT molecular complexity index is 967. The molecule has 0 saturated carbocycles. The van der Waals surface area contributed by atoms with Crippen molar-refractivity contribution in [1.82, 2.24) is 5.32 Å². The number of hydrogen-bond donors (Lipinski definition) is 1. The van der Waals surface area contributed by atoms with Crippen LogP contribution in [0.1, 0.15) is 31.9 Å². The van der Waals surface area contributed by atoms with Gasteiger partial charge < -0.3 is 19.2 Å². The van der Waals surface area contributed by atoms with Crippen LogP contribution in [-0.4, -0.2) is 38.2 Å². The van der Waals surface area contributed by atoms with Gasteiger partial charge in [0.15, 0.2) is 8.32 Å². The topological polar surface area (TPSA) is 39.7 Å². The summed E-state index contributed by atoms with van der Waals surface area (Å²) in [5, 5.41) is 4.88. The van der Waals surface area contributed by atoms with Crippen molar-refractivity contribution in [2.45, 2.75) is 70.4 Å². The van der Waals surface area contributed by atoms with Crippen LogP contribution in [0.2, 0.25) is 28.2 Å². The molecule has 0 aromatic heterocycles. The second-order valence-corrected chi connectivity index (χ2v) is 16.1. The zero-order valence-corrected chi connectivity index (χ0v) is 23.2. The molecule has 1 saturated heterocycles. The summed E-state index contributed by atoms with van der Waals surface area (Å²) in [6.07, 6.45) is -0.674. The summed E-state index contributed by atoms with van der Waals surface area (Å²) in [4.78, 5) is 0.636. The van der Waals surface area contributed by atoms with Gasteiger partial charge in [-0.05, 0) is 53.5 Å². The Kier molecular flexibility index (Phi) is 9.00. The first-order valence-corrected chi connectivity index (χ1v) is 15.2. The molecule has 1 aliphatic rings. The molecular formula is C25H33Cl2NO3SSi. The van der Waals surface area contributed by atoms with Crippen LogP contribution in [0, 0.1) is 0 Å². The number of nitrogens with one attached hydrogen (secondary N) is 1. The maximum Gasteiger partial charge on any atom is 0.192 e. The van der Waals surface area contributed by atoms with Crippen LogP contribution in [0.5, 0.6) is 0 Å². The largest absolute Gasteiger partial charge is 0.415 e. The Morgan fingerprint density at radius 2 is 1.48 bits per heavy atom. The first kappa shape index (κ1) is 26.6. The summed E-state index contributed by atoms with van der Waals surface area (Å²) >= 11 is 17.9. The van der Waals surface area contributed by atoms with Gasteiger partial charge in [0.2, 0.25) is 0 Å². The molecule has 0 aliphatic carbocycles. The van der Waals surface area contributed by atoms with Crippen LogP contribution < -0.4 is 5.32 Å². The normalized spacial score (nSPS) is 21.3. The first-order valence-electron chi connectivity index (χ1n) is 11.1. The minimum Gasteiger partial charge on any atom is -0.415 e. The van der Waals surface area contributed by atoms with Gasteiger partial charge in [-0.2, -0.15) is 0 Å². The molecule has 3 unspecified atom stereocenters. The van der Waals surface area contributed by atoms with Gasteiger partial charge in [-0.3, -0.25) is 0 Å². The van der Waals surface area contributed by atoms with Crippen LogP contribution >= 0.6 is 35.4 Å². The predicted octanol–water partition coefficient (Wildman–Crippen LogP) is 6.79. The zero-order valence-electron chi connectivity index (χ0n) is 19.9. The number of hydrogen-bond acceptors (Lipinski definition) is 4. The van der Waals surface area contributed by atoms with Gasteiger partial charge in [-0.1, -0.05) is 80.5 Å². The van der Waals surface area contributed by atoms with E-state index in [9.17, 15) is 0 Å². The van der Waals surface area contributed by atoms with Gasteiger partial charge in [0, 0.05) is 10.0 Å². The van der Waals surface area contributed by atoms with E-state index in [1.807, 2.05) is 48.5 Å². The third-order valence-electron chi connectivity index (χ3n) is 6.36. The van der Waals surface area contributed by atoms with Gasteiger partial charge in [0.05, 0.1) is 25.9 Å². The number of thiocarbonyl (C=S) groups is 1. The Hall–Kier alpha value is -0.993. The van der Waals surface area contributed by atoms with Gasteiger partial charge in [-0.15, -0.1) is 0 Å². The molecule has 8 heteroatoms. The fraction of sp³-hybridized carbons (Fsp3) is 0.480. The second kappa shape index (κ2) is 11.2. The lowest BCUT2D eigenvalue weighted by atomic mass is 10.1. The van der Waals surface area contributed by atoms with Crippen molar-refractivity contribution in [3.05, 3.63) is 69.7 Å². The van der Waals surface area contributed by atoms with Crippen LogP contribution in [0.25, 0.3) is 0 Å². The molecule has 1 aliphatic heterocycles. The molecule has 0 bridgehead atoms. The monoisotopic (exact) mass is 525 g/mol. The van der Waals surface area contributed by atoms with E-state index >= 15 is 0 Å². The minimum atomic E-state index is -1.93. The highest BCUT2D eigenvalue weighted by molar-refractivity contribution is 7.80. The summed E-state index contributed by atoms with van der Waals surface area (Å²) in [5.41, 5.74) is 1.98. The van der Waals surface area contributed by atoms with Crippen molar-refractivity contribution < 1.29 is 13.9 Å². The number of benzene rings is 2. The quantitative estimate of drug-likeness (QED) is 0.288. The van der Waals surface area contributed by atoms with E-state index in [1.54, 1.807) is 0 Å². The van der Waals surface area contributed by atoms with Crippen molar-refractivity contribution in [3.8, 4) is 0 Å². The lowest BCUT2D eigenvalue weighted by Gasteiger charge is -2.37. The van der Waals surface area contributed by atoms with Gasteiger partial charge in [-0.25, -0.2) is 0 Å². The Morgan fingerprint density at radius 1 is 0.939 bits per heavy atom. The van der Waals surface area contributed by atoms with E-state index in [1.165, 1.54) is 0 Å². The van der Waals surface area contributed by atoms with E-state index in [0.717, 1.165) is 11.1 Å². The number of rotatable bonds is 9. The van der Waals surface area contributed by atoms with E-state index in [2.05, 4.69) is 39.2 Å². The Labute approximate surface area is 214 Å². The lowest BCUT2D eigenvalue weighted by Crippen LogP contribution is -2.47. The van der Waals surface area contributed by atoms with Crippen molar-refractivity contribution in [2.75, 3.05) is 6.61 Å². The molecule has 1 fully saturated rings. The average Bonchev–Trinajstić information content (AvgIpc) is 3.03. The Balaban J connectivity index is 1.73. The summed E-state index contributed by atoms with van der Waals surface area (Å²) in [6.45, 7) is 12.5. The SMILES string of the molecule is CC(C)(C)[Si](C)(C)OCC1NC(=S)C(OCc2cccc(Cl)c2)C1OCc1cccc(Cl)c1. The Morgan fingerprint density at radius 3 is 2.00 bits per heavy atom. The number of halogens is 2. The van der Waals surface area contributed by atoms with Crippen LogP contribution in [0.4, 0.5) is 0 Å². The van der Waals surface area contributed by atoms with Gasteiger partial charge in [0.25, 0.3) is 0 Å². The fourth-order valence-electron chi connectivity index (χ4n) is 3.36. The van der Waals surface area contributed by atoms with E-state index in [0.29, 0.717) is 34.9 Å². The van der Waals surface area contributed by atoms with E-state index in [4.69, 9.17) is 49.3 Å². The molecule has 3 atom stereocenters. The summed E-state index contributed by atoms with van der Waals surface area (Å²) in [7, 11) is -1.93. The third-order valence-corrected chi connectivity index (χ3v) is 11.7. The van der Waals surface area contributed by atoms with Crippen molar-refractivity contribution >= 4 is 48.7 Å². The molecule has 1 heterocycles. The molecule has 3 rings (SSSR count). The highest BCUT2D eigenvalue weighted by Gasteiger charge is 2.44. The molecule has 4 nitrogen and oxygen atoms in total. The average molecular weight is 527 g/mol. The molecule has 0 amide bonds. The molecular weight excluding hydrogens is 493 g/mol. The van der Waals surface area contributed by atoms with E-state index in [-0.39, 0.29) is 23.3 Å². The predicted molar refractivity (Wildman–Crippen MR) is 143 cm³/mol. The number of ether oxygens (including phenoxy) is 2. The lowest BCUT2D eigenvalue weighted by molar-refractivity contribution is -0.0610. The first-order chi connectivity index (χ1) is 15.5. The fourth-order valence-corrected chi connectivity index (χ4v) is 5.17. The van der Waals surface area contributed by atoms with Gasteiger partial charge >= 0.3 is 0 Å². The molecule has 0 spiro atoms. The summed E-state index contributed by atoms with van der Waals surface area (Å²) in [6, 6.07) is 15.2. The van der Waals surface area contributed by atoms with Gasteiger partial charge in [0.1, 0.15) is 17.2 Å². The maximum absolute atomic E-state index is 6.50.